The Kier molecular flexibility index (Phi) is 3.76. The van der Waals surface area contributed by atoms with E-state index in [2.05, 4.69) is 14.7 Å². The summed E-state index contributed by atoms with van der Waals surface area (Å²) < 4.78 is 17.8. The first-order valence-electron chi connectivity index (χ1n) is 5.56. The quantitative estimate of drug-likeness (QED) is 0.923. The highest BCUT2D eigenvalue weighted by molar-refractivity contribution is 7.09. The number of nitrogens with one attached hydrogen (secondary N) is 1. The van der Waals surface area contributed by atoms with Crippen molar-refractivity contribution < 1.29 is 4.39 Å². The topological polar surface area (TPSA) is 41.1 Å². The lowest BCUT2D eigenvalue weighted by Crippen LogP contribution is -2.09. The van der Waals surface area contributed by atoms with E-state index in [-0.39, 0.29) is 5.82 Å². The van der Waals surface area contributed by atoms with Crippen LogP contribution in [0.3, 0.4) is 0 Å². The lowest BCUT2D eigenvalue weighted by atomic mass is 10.2. The minimum Gasteiger partial charge on any atom is -0.375 e. The minimum atomic E-state index is -0.252. The molecule has 0 unspecified atom stereocenters. The van der Waals surface area contributed by atoms with Gasteiger partial charge in [0.15, 0.2) is 5.82 Å². The second-order valence-electron chi connectivity index (χ2n) is 4.22. The molecule has 18 heavy (non-hydrogen) atoms. The maximum atomic E-state index is 13.6. The van der Waals surface area contributed by atoms with Crippen LogP contribution in [-0.4, -0.2) is 23.5 Å². The highest BCUT2D eigenvalue weighted by Gasteiger charge is 2.07. The first-order chi connectivity index (χ1) is 8.56. The fraction of sp³-hybridized carbons (Fsp3) is 0.333. The largest absolute Gasteiger partial charge is 0.375 e. The molecule has 1 heterocycles. The Bertz CT molecular complexity index is 539. The zero-order chi connectivity index (χ0) is 13.1. The molecule has 1 aromatic heterocycles. The summed E-state index contributed by atoms with van der Waals surface area (Å²) in [5.41, 5.74) is 1.38. The summed E-state index contributed by atoms with van der Waals surface area (Å²) in [6, 6.07) is 5.09. The van der Waals surface area contributed by atoms with Crippen molar-refractivity contribution in [2.24, 2.45) is 0 Å². The Labute approximate surface area is 110 Å². The van der Waals surface area contributed by atoms with Crippen LogP contribution in [0.5, 0.6) is 0 Å². The van der Waals surface area contributed by atoms with E-state index >= 15 is 0 Å². The van der Waals surface area contributed by atoms with E-state index in [1.54, 1.807) is 6.07 Å². The smallest absolute Gasteiger partial charge is 0.204 e. The van der Waals surface area contributed by atoms with Crippen molar-refractivity contribution in [1.29, 1.82) is 0 Å². The molecule has 2 rings (SSSR count). The van der Waals surface area contributed by atoms with Gasteiger partial charge in [0.1, 0.15) is 5.82 Å². The number of aromatic nitrogens is 2. The number of hydrogen-bond donors (Lipinski definition) is 1. The van der Waals surface area contributed by atoms with Crippen molar-refractivity contribution in [2.75, 3.05) is 24.3 Å². The third-order valence-corrected chi connectivity index (χ3v) is 3.32. The zero-order valence-corrected chi connectivity index (χ0v) is 11.4. The van der Waals surface area contributed by atoms with E-state index in [1.807, 2.05) is 32.0 Å². The maximum Gasteiger partial charge on any atom is 0.204 e. The van der Waals surface area contributed by atoms with Gasteiger partial charge in [-0.25, -0.2) is 9.37 Å². The number of hydrogen-bond acceptors (Lipinski definition) is 5. The summed E-state index contributed by atoms with van der Waals surface area (Å²) in [5.74, 6) is 0.418. The highest BCUT2D eigenvalue weighted by Crippen LogP contribution is 2.18. The van der Waals surface area contributed by atoms with E-state index in [0.29, 0.717) is 18.1 Å². The third-order valence-electron chi connectivity index (χ3n) is 2.40. The molecule has 0 saturated carbocycles. The van der Waals surface area contributed by atoms with Gasteiger partial charge in [-0.2, -0.15) is 4.37 Å². The molecular weight excluding hydrogens is 251 g/mol. The van der Waals surface area contributed by atoms with Crippen molar-refractivity contribution in [2.45, 2.75) is 13.5 Å². The Balaban J connectivity index is 2.02. The van der Waals surface area contributed by atoms with Gasteiger partial charge in [-0.1, -0.05) is 6.07 Å². The van der Waals surface area contributed by atoms with Gasteiger partial charge in [0.05, 0.1) is 12.2 Å². The molecule has 1 aromatic carbocycles. The van der Waals surface area contributed by atoms with Gasteiger partial charge in [-0.05, 0) is 24.6 Å². The van der Waals surface area contributed by atoms with Gasteiger partial charge in [0, 0.05) is 25.6 Å². The third kappa shape index (κ3) is 2.95. The number of anilines is 2. The predicted molar refractivity (Wildman–Crippen MR) is 72.7 cm³/mol. The molecule has 6 heteroatoms. The molecule has 0 bridgehead atoms. The lowest BCUT2D eigenvalue weighted by molar-refractivity contribution is 0.628. The van der Waals surface area contributed by atoms with Gasteiger partial charge >= 0.3 is 0 Å². The highest BCUT2D eigenvalue weighted by atomic mass is 32.1. The van der Waals surface area contributed by atoms with Gasteiger partial charge in [-0.15, -0.1) is 0 Å². The van der Waals surface area contributed by atoms with Gasteiger partial charge in [-0.3, -0.25) is 0 Å². The van der Waals surface area contributed by atoms with Gasteiger partial charge in [0.2, 0.25) is 5.13 Å². The van der Waals surface area contributed by atoms with Crippen LogP contribution in [0.25, 0.3) is 0 Å². The minimum absolute atomic E-state index is 0.252. The Morgan fingerprint density at radius 3 is 2.78 bits per heavy atom. The van der Waals surface area contributed by atoms with Crippen LogP contribution in [0.1, 0.15) is 11.4 Å². The monoisotopic (exact) mass is 266 g/mol. The van der Waals surface area contributed by atoms with E-state index in [1.165, 1.54) is 17.6 Å². The Morgan fingerprint density at radius 2 is 2.17 bits per heavy atom. The van der Waals surface area contributed by atoms with E-state index in [0.717, 1.165) is 10.7 Å². The first-order valence-corrected chi connectivity index (χ1v) is 6.33. The van der Waals surface area contributed by atoms with Gasteiger partial charge < -0.3 is 10.2 Å². The Morgan fingerprint density at radius 1 is 1.39 bits per heavy atom. The number of nitrogens with zero attached hydrogens (tertiary/aromatic N) is 3. The van der Waals surface area contributed by atoms with E-state index in [9.17, 15) is 4.39 Å². The summed E-state index contributed by atoms with van der Waals surface area (Å²) in [5, 5.41) is 3.84. The molecule has 0 spiro atoms. The molecule has 4 nitrogen and oxygen atoms in total. The molecule has 0 saturated heterocycles. The number of rotatable bonds is 4. The molecule has 96 valence electrons. The lowest BCUT2D eigenvalue weighted by Gasteiger charge is -2.06. The fourth-order valence-corrected chi connectivity index (χ4v) is 2.04. The molecule has 1 N–H and O–H groups in total. The predicted octanol–water partition coefficient (Wildman–Crippen LogP) is 2.66. The molecule has 0 atom stereocenters. The van der Waals surface area contributed by atoms with E-state index < -0.39 is 0 Å². The summed E-state index contributed by atoms with van der Waals surface area (Å²) >= 11 is 1.33. The average molecular weight is 266 g/mol. The molecule has 2 aromatic rings. The normalized spacial score (nSPS) is 10.4. The van der Waals surface area contributed by atoms with Crippen molar-refractivity contribution in [3.05, 3.63) is 35.4 Å². The fourth-order valence-electron chi connectivity index (χ4n) is 1.44. The SMILES string of the molecule is Cc1ccc(NCc2nsc(N(C)C)n2)c(F)c1. The second-order valence-corrected chi connectivity index (χ2v) is 4.95. The summed E-state index contributed by atoms with van der Waals surface area (Å²) in [6.07, 6.45) is 0. The summed E-state index contributed by atoms with van der Waals surface area (Å²) in [6.45, 7) is 2.28. The standard InChI is InChI=1S/C12H15FN4S/c1-8-4-5-10(9(13)6-8)14-7-11-15-12(17(2)3)18-16-11/h4-6,14H,7H2,1-3H3. The number of halogens is 1. The summed E-state index contributed by atoms with van der Waals surface area (Å²) in [7, 11) is 3.83. The van der Waals surface area contributed by atoms with Crippen LogP contribution in [0.4, 0.5) is 15.2 Å². The molecule has 0 fully saturated rings. The molecule has 0 aliphatic heterocycles. The summed E-state index contributed by atoms with van der Waals surface area (Å²) in [4.78, 5) is 6.22. The van der Waals surface area contributed by atoms with Crippen molar-refractivity contribution in [3.63, 3.8) is 0 Å². The van der Waals surface area contributed by atoms with Crippen molar-refractivity contribution in [1.82, 2.24) is 9.36 Å². The first kappa shape index (κ1) is 12.8. The van der Waals surface area contributed by atoms with Crippen LogP contribution in [-0.2, 0) is 6.54 Å². The van der Waals surface area contributed by atoms with Crippen LogP contribution in [0.2, 0.25) is 0 Å². The van der Waals surface area contributed by atoms with Crippen LogP contribution in [0.15, 0.2) is 18.2 Å². The van der Waals surface area contributed by atoms with Crippen LogP contribution < -0.4 is 10.2 Å². The van der Waals surface area contributed by atoms with Crippen molar-refractivity contribution >= 4 is 22.4 Å². The second kappa shape index (κ2) is 5.30. The molecule has 0 aliphatic carbocycles. The van der Waals surface area contributed by atoms with Gasteiger partial charge in [0.25, 0.3) is 0 Å². The average Bonchev–Trinajstić information content (AvgIpc) is 2.76. The molecular formula is C12H15FN4S. The van der Waals surface area contributed by atoms with E-state index in [4.69, 9.17) is 0 Å². The maximum absolute atomic E-state index is 13.6. The van der Waals surface area contributed by atoms with Crippen LogP contribution >= 0.6 is 11.5 Å². The zero-order valence-electron chi connectivity index (χ0n) is 10.6. The number of aryl methyl sites for hydroxylation is 1. The molecule has 0 aliphatic rings. The number of benzene rings is 1. The van der Waals surface area contributed by atoms with Crippen LogP contribution in [0, 0.1) is 12.7 Å². The van der Waals surface area contributed by atoms with Crippen molar-refractivity contribution in [3.8, 4) is 0 Å². The molecule has 0 radical (unpaired) electrons. The Hall–Kier alpha value is -1.69. The molecule has 0 amide bonds.